The number of benzene rings is 2. The fraction of sp³-hybridized carbons (Fsp3) is 0.381. The third-order valence-corrected chi connectivity index (χ3v) is 4.54. The summed E-state index contributed by atoms with van der Waals surface area (Å²) in [6, 6.07) is 20.0. The Morgan fingerprint density at radius 3 is 2.04 bits per heavy atom. The second kappa shape index (κ2) is 9.23. The van der Waals surface area contributed by atoms with Gasteiger partial charge in [-0.3, -0.25) is 0 Å². The minimum Gasteiger partial charge on any atom is -0.445 e. The molecule has 1 aliphatic heterocycles. The summed E-state index contributed by atoms with van der Waals surface area (Å²) >= 11 is 0. The number of hydrogen-bond acceptors (Lipinski definition) is 3. The predicted molar refractivity (Wildman–Crippen MR) is 97.0 cm³/mol. The predicted octanol–water partition coefficient (Wildman–Crippen LogP) is 4.25. The van der Waals surface area contributed by atoms with Gasteiger partial charge in [0.25, 0.3) is 0 Å². The molecule has 2 aromatic carbocycles. The summed E-state index contributed by atoms with van der Waals surface area (Å²) in [7, 11) is 0. The van der Waals surface area contributed by atoms with E-state index in [1.54, 1.807) is 4.90 Å². The van der Waals surface area contributed by atoms with Crippen LogP contribution in [0, 0.1) is 5.92 Å². The second-order valence-corrected chi connectivity index (χ2v) is 6.47. The lowest BCUT2D eigenvalue weighted by atomic mass is 9.98. The molecule has 132 valence electrons. The molecule has 3 rings (SSSR count). The topological polar surface area (TPSA) is 38.8 Å². The summed E-state index contributed by atoms with van der Waals surface area (Å²) in [4.78, 5) is 14.0. The fourth-order valence-electron chi connectivity index (χ4n) is 3.01. The van der Waals surface area contributed by atoms with Gasteiger partial charge in [-0.2, -0.15) is 0 Å². The highest BCUT2D eigenvalue weighted by molar-refractivity contribution is 5.67. The number of carbonyl (C=O) groups excluding carboxylic acids is 1. The van der Waals surface area contributed by atoms with Gasteiger partial charge in [0.2, 0.25) is 0 Å². The third-order valence-electron chi connectivity index (χ3n) is 4.54. The van der Waals surface area contributed by atoms with Crippen LogP contribution in [0.1, 0.15) is 24.0 Å². The van der Waals surface area contributed by atoms with Gasteiger partial charge < -0.3 is 14.4 Å². The Morgan fingerprint density at radius 2 is 1.44 bits per heavy atom. The molecule has 0 spiro atoms. The molecule has 0 bridgehead atoms. The van der Waals surface area contributed by atoms with Crippen LogP contribution >= 0.6 is 0 Å². The van der Waals surface area contributed by atoms with Crippen LogP contribution in [0.3, 0.4) is 0 Å². The molecule has 0 saturated carbocycles. The molecule has 0 radical (unpaired) electrons. The normalized spacial score (nSPS) is 15.1. The van der Waals surface area contributed by atoms with Crippen molar-refractivity contribution in [1.29, 1.82) is 0 Å². The van der Waals surface area contributed by atoms with Crippen molar-refractivity contribution in [3.05, 3.63) is 71.8 Å². The third kappa shape index (κ3) is 5.61. The summed E-state index contributed by atoms with van der Waals surface area (Å²) in [5.74, 6) is 0.516. The van der Waals surface area contributed by atoms with Crippen LogP contribution in [0.25, 0.3) is 0 Å². The van der Waals surface area contributed by atoms with E-state index >= 15 is 0 Å². The number of likely N-dealkylation sites (tertiary alicyclic amines) is 1. The second-order valence-electron chi connectivity index (χ2n) is 6.47. The SMILES string of the molecule is O=C(OCc1ccccc1)N1CCC(COCc2ccccc2)CC1. The zero-order valence-corrected chi connectivity index (χ0v) is 14.5. The molecule has 1 fully saturated rings. The van der Waals surface area contributed by atoms with E-state index in [1.165, 1.54) is 5.56 Å². The first-order chi connectivity index (χ1) is 12.3. The van der Waals surface area contributed by atoms with Gasteiger partial charge in [0, 0.05) is 19.7 Å². The number of rotatable bonds is 6. The van der Waals surface area contributed by atoms with Gasteiger partial charge in [0.15, 0.2) is 0 Å². The van der Waals surface area contributed by atoms with E-state index in [0.717, 1.165) is 38.1 Å². The summed E-state index contributed by atoms with van der Waals surface area (Å²) in [6.45, 7) is 3.22. The number of nitrogens with zero attached hydrogens (tertiary/aromatic N) is 1. The Kier molecular flexibility index (Phi) is 6.46. The molecule has 4 heteroatoms. The van der Waals surface area contributed by atoms with Crippen LogP contribution in [-0.2, 0) is 22.7 Å². The highest BCUT2D eigenvalue weighted by atomic mass is 16.6. The zero-order valence-electron chi connectivity index (χ0n) is 14.5. The maximum Gasteiger partial charge on any atom is 0.410 e. The molecule has 1 saturated heterocycles. The average Bonchev–Trinajstić information content (AvgIpc) is 2.68. The molecule has 25 heavy (non-hydrogen) atoms. The number of amides is 1. The lowest BCUT2D eigenvalue weighted by Gasteiger charge is -2.31. The van der Waals surface area contributed by atoms with Crippen LogP contribution in [0.15, 0.2) is 60.7 Å². The van der Waals surface area contributed by atoms with Crippen molar-refractivity contribution in [2.75, 3.05) is 19.7 Å². The van der Waals surface area contributed by atoms with Gasteiger partial charge in [0.05, 0.1) is 6.61 Å². The molecule has 4 nitrogen and oxygen atoms in total. The summed E-state index contributed by atoms with van der Waals surface area (Å²) in [5, 5.41) is 0. The summed E-state index contributed by atoms with van der Waals surface area (Å²) < 4.78 is 11.2. The van der Waals surface area contributed by atoms with Gasteiger partial charge in [-0.05, 0) is 29.9 Å². The van der Waals surface area contributed by atoms with Gasteiger partial charge in [-0.1, -0.05) is 60.7 Å². The van der Waals surface area contributed by atoms with Gasteiger partial charge in [0.1, 0.15) is 6.61 Å². The molecule has 2 aromatic rings. The average molecular weight is 339 g/mol. The Bertz CT molecular complexity index is 637. The van der Waals surface area contributed by atoms with Crippen molar-refractivity contribution in [3.63, 3.8) is 0 Å². The van der Waals surface area contributed by atoms with E-state index < -0.39 is 0 Å². The maximum absolute atomic E-state index is 12.1. The van der Waals surface area contributed by atoms with E-state index in [9.17, 15) is 4.79 Å². The Morgan fingerprint density at radius 1 is 0.880 bits per heavy atom. The number of ether oxygens (including phenoxy) is 2. The Balaban J connectivity index is 1.33. The Hall–Kier alpha value is -2.33. The molecule has 0 aromatic heterocycles. The van der Waals surface area contributed by atoms with E-state index in [0.29, 0.717) is 19.1 Å². The minimum atomic E-state index is -0.215. The lowest BCUT2D eigenvalue weighted by molar-refractivity contribution is 0.0471. The highest BCUT2D eigenvalue weighted by Crippen LogP contribution is 2.19. The standard InChI is InChI=1S/C21H25NO3/c23-21(25-17-19-9-5-2-6-10-19)22-13-11-20(12-14-22)16-24-15-18-7-3-1-4-8-18/h1-10,20H,11-17H2. The van der Waals surface area contributed by atoms with Crippen molar-refractivity contribution in [2.45, 2.75) is 26.1 Å². The molecular formula is C21H25NO3. The van der Waals surface area contributed by atoms with Gasteiger partial charge in [-0.25, -0.2) is 4.79 Å². The van der Waals surface area contributed by atoms with E-state index in [1.807, 2.05) is 48.5 Å². The smallest absolute Gasteiger partial charge is 0.410 e. The molecular weight excluding hydrogens is 314 g/mol. The van der Waals surface area contributed by atoms with Crippen molar-refractivity contribution in [1.82, 2.24) is 4.90 Å². The largest absolute Gasteiger partial charge is 0.445 e. The van der Waals surface area contributed by atoms with Gasteiger partial charge in [-0.15, -0.1) is 0 Å². The zero-order chi connectivity index (χ0) is 17.3. The van der Waals surface area contributed by atoms with Crippen LogP contribution < -0.4 is 0 Å². The van der Waals surface area contributed by atoms with E-state index in [4.69, 9.17) is 9.47 Å². The van der Waals surface area contributed by atoms with Gasteiger partial charge >= 0.3 is 6.09 Å². The van der Waals surface area contributed by atoms with Crippen LogP contribution in [-0.4, -0.2) is 30.7 Å². The summed E-state index contributed by atoms with van der Waals surface area (Å²) in [5.41, 5.74) is 2.21. The van der Waals surface area contributed by atoms with Crippen LogP contribution in [0.4, 0.5) is 4.79 Å². The molecule has 0 N–H and O–H groups in total. The number of piperidine rings is 1. The Labute approximate surface area is 149 Å². The van der Waals surface area contributed by atoms with Crippen molar-refractivity contribution >= 4 is 6.09 Å². The molecule has 1 amide bonds. The van der Waals surface area contributed by atoms with E-state index in [2.05, 4.69) is 12.1 Å². The molecule has 0 atom stereocenters. The van der Waals surface area contributed by atoms with Crippen molar-refractivity contribution in [3.8, 4) is 0 Å². The quantitative estimate of drug-likeness (QED) is 0.790. The summed E-state index contributed by atoms with van der Waals surface area (Å²) in [6.07, 6.45) is 1.72. The molecule has 1 heterocycles. The lowest BCUT2D eigenvalue weighted by Crippen LogP contribution is -2.39. The fourth-order valence-corrected chi connectivity index (χ4v) is 3.01. The molecule has 1 aliphatic rings. The first-order valence-corrected chi connectivity index (χ1v) is 8.88. The van der Waals surface area contributed by atoms with Crippen LogP contribution in [0.5, 0.6) is 0 Å². The van der Waals surface area contributed by atoms with Crippen LogP contribution in [0.2, 0.25) is 0 Å². The number of hydrogen-bond donors (Lipinski definition) is 0. The monoisotopic (exact) mass is 339 g/mol. The first kappa shape index (κ1) is 17.5. The number of carbonyl (C=O) groups is 1. The van der Waals surface area contributed by atoms with E-state index in [-0.39, 0.29) is 6.09 Å². The molecule has 0 unspecified atom stereocenters. The minimum absolute atomic E-state index is 0.215. The maximum atomic E-state index is 12.1. The molecule has 0 aliphatic carbocycles. The first-order valence-electron chi connectivity index (χ1n) is 8.88. The highest BCUT2D eigenvalue weighted by Gasteiger charge is 2.23. The van der Waals surface area contributed by atoms with Crippen molar-refractivity contribution in [2.24, 2.45) is 5.92 Å². The van der Waals surface area contributed by atoms with Crippen molar-refractivity contribution < 1.29 is 14.3 Å².